The first kappa shape index (κ1) is 9.59. The number of rotatable bonds is 0. The summed E-state index contributed by atoms with van der Waals surface area (Å²) in [5.41, 5.74) is 0. The second-order valence-electron chi connectivity index (χ2n) is 4.68. The van der Waals surface area contributed by atoms with Gasteiger partial charge in [0.05, 0.1) is 4.08 Å². The third-order valence-electron chi connectivity index (χ3n) is 4.00. The first-order valence-corrected chi connectivity index (χ1v) is 7.58. The molecule has 0 radical (unpaired) electrons. The molecule has 2 aliphatic carbocycles. The summed E-state index contributed by atoms with van der Waals surface area (Å²) in [6, 6.07) is 0. The Kier molecular flexibility index (Phi) is 2.36. The highest BCUT2D eigenvalue weighted by Gasteiger charge is 2.49. The van der Waals surface area contributed by atoms with Crippen molar-refractivity contribution in [1.82, 2.24) is 0 Å². The van der Waals surface area contributed by atoms with Crippen LogP contribution < -0.4 is 0 Å². The molecule has 2 saturated carbocycles. The lowest BCUT2D eigenvalue weighted by molar-refractivity contribution is -0.127. The van der Waals surface area contributed by atoms with Crippen molar-refractivity contribution in [1.29, 1.82) is 0 Å². The fourth-order valence-electron chi connectivity index (χ4n) is 3.22. The molecule has 78 valence electrons. The van der Waals surface area contributed by atoms with Crippen molar-refractivity contribution >= 4 is 29.3 Å². The Labute approximate surface area is 93.8 Å². The van der Waals surface area contributed by atoms with E-state index < -0.39 is 0 Å². The third-order valence-corrected chi connectivity index (χ3v) is 7.84. The van der Waals surface area contributed by atoms with Gasteiger partial charge in [0.2, 0.25) is 0 Å². The van der Waals surface area contributed by atoms with Crippen LogP contribution in [0.5, 0.6) is 0 Å². The van der Waals surface area contributed by atoms with Crippen molar-refractivity contribution < 1.29 is 4.79 Å². The molecule has 2 bridgehead atoms. The monoisotopic (exact) mass is 228 g/mol. The molecule has 1 heterocycles. The molecule has 3 rings (SSSR count). The molecule has 2 atom stereocenters. The standard InChI is InChI=1S/C11H16OS2/c12-10-2-1-9-7-8(10)3-4-11(9)13-5-6-14-11/h8-9H,1-7H2. The van der Waals surface area contributed by atoms with E-state index in [1.54, 1.807) is 0 Å². The quantitative estimate of drug-likeness (QED) is 0.634. The number of Topliss-reactive ketones (excluding diaryl/α,β-unsaturated/α-hetero) is 1. The first-order chi connectivity index (χ1) is 6.80. The molecule has 3 aliphatic rings. The van der Waals surface area contributed by atoms with Gasteiger partial charge in [-0.2, -0.15) is 0 Å². The maximum Gasteiger partial charge on any atom is 0.136 e. The van der Waals surface area contributed by atoms with Crippen LogP contribution in [-0.4, -0.2) is 21.4 Å². The highest BCUT2D eigenvalue weighted by atomic mass is 32.2. The fraction of sp³-hybridized carbons (Fsp3) is 0.909. The van der Waals surface area contributed by atoms with Gasteiger partial charge in [-0.05, 0) is 31.6 Å². The lowest BCUT2D eigenvalue weighted by Crippen LogP contribution is -2.41. The van der Waals surface area contributed by atoms with Gasteiger partial charge in [-0.1, -0.05) is 0 Å². The van der Waals surface area contributed by atoms with Gasteiger partial charge in [-0.3, -0.25) is 4.79 Å². The van der Waals surface area contributed by atoms with E-state index in [0.29, 0.717) is 15.8 Å². The van der Waals surface area contributed by atoms with Crippen molar-refractivity contribution in [2.75, 3.05) is 11.5 Å². The van der Waals surface area contributed by atoms with Crippen molar-refractivity contribution in [3.63, 3.8) is 0 Å². The summed E-state index contributed by atoms with van der Waals surface area (Å²) in [6.45, 7) is 0. The highest BCUT2D eigenvalue weighted by Crippen LogP contribution is 2.59. The van der Waals surface area contributed by atoms with Crippen LogP contribution in [0.3, 0.4) is 0 Å². The molecule has 14 heavy (non-hydrogen) atoms. The average molecular weight is 228 g/mol. The number of carbonyl (C=O) groups is 1. The molecule has 0 N–H and O–H groups in total. The normalized spacial score (nSPS) is 40.4. The van der Waals surface area contributed by atoms with Crippen molar-refractivity contribution in [2.45, 2.75) is 36.2 Å². The molecule has 0 aromatic rings. The van der Waals surface area contributed by atoms with E-state index in [-0.39, 0.29) is 0 Å². The molecular formula is C11H16OS2. The fourth-order valence-corrected chi connectivity index (χ4v) is 6.84. The van der Waals surface area contributed by atoms with Crippen LogP contribution in [-0.2, 0) is 4.79 Å². The molecule has 3 fully saturated rings. The smallest absolute Gasteiger partial charge is 0.136 e. The zero-order valence-electron chi connectivity index (χ0n) is 8.33. The minimum absolute atomic E-state index is 0.446. The Balaban J connectivity index is 1.82. The number of thioether (sulfide) groups is 2. The summed E-state index contributed by atoms with van der Waals surface area (Å²) in [5.74, 6) is 4.52. The van der Waals surface area contributed by atoms with Gasteiger partial charge in [0.1, 0.15) is 5.78 Å². The van der Waals surface area contributed by atoms with E-state index in [0.717, 1.165) is 12.3 Å². The lowest BCUT2D eigenvalue weighted by atomic mass is 9.71. The SMILES string of the molecule is O=C1CCC2CC1CCC21SCCS1. The van der Waals surface area contributed by atoms with Crippen molar-refractivity contribution in [3.8, 4) is 0 Å². The molecule has 1 aliphatic heterocycles. The Bertz CT molecular complexity index is 258. The van der Waals surface area contributed by atoms with Crippen LogP contribution in [0.2, 0.25) is 0 Å². The molecular weight excluding hydrogens is 212 g/mol. The number of hydrogen-bond acceptors (Lipinski definition) is 3. The molecule has 0 aromatic heterocycles. The third kappa shape index (κ3) is 1.35. The summed E-state index contributed by atoms with van der Waals surface area (Å²) in [6.07, 6.45) is 5.73. The van der Waals surface area contributed by atoms with Gasteiger partial charge in [-0.15, -0.1) is 23.5 Å². The Hall–Kier alpha value is 0.370. The van der Waals surface area contributed by atoms with Gasteiger partial charge in [0, 0.05) is 23.8 Å². The number of fused-ring (bicyclic) bond motifs is 3. The van der Waals surface area contributed by atoms with Crippen molar-refractivity contribution in [3.05, 3.63) is 0 Å². The molecule has 1 saturated heterocycles. The predicted octanol–water partition coefficient (Wildman–Crippen LogP) is 2.94. The lowest BCUT2D eigenvalue weighted by Gasteiger charge is -2.45. The van der Waals surface area contributed by atoms with Crippen LogP contribution in [0.4, 0.5) is 0 Å². The van der Waals surface area contributed by atoms with Crippen LogP contribution in [0.1, 0.15) is 32.1 Å². The van der Waals surface area contributed by atoms with Crippen LogP contribution in [0.15, 0.2) is 0 Å². The van der Waals surface area contributed by atoms with E-state index in [2.05, 4.69) is 23.5 Å². The zero-order chi connectivity index (χ0) is 9.60. The number of hydrogen-bond donors (Lipinski definition) is 0. The summed E-state index contributed by atoms with van der Waals surface area (Å²) in [7, 11) is 0. The molecule has 0 aromatic carbocycles. The minimum atomic E-state index is 0.446. The van der Waals surface area contributed by atoms with E-state index in [4.69, 9.17) is 0 Å². The topological polar surface area (TPSA) is 17.1 Å². The van der Waals surface area contributed by atoms with E-state index >= 15 is 0 Å². The number of carbonyl (C=O) groups excluding carboxylic acids is 1. The zero-order valence-corrected chi connectivity index (χ0v) is 9.96. The van der Waals surface area contributed by atoms with E-state index in [1.807, 2.05) is 0 Å². The van der Waals surface area contributed by atoms with Gasteiger partial charge in [0.15, 0.2) is 0 Å². The van der Waals surface area contributed by atoms with Gasteiger partial charge in [0.25, 0.3) is 0 Å². The second kappa shape index (κ2) is 3.44. The summed E-state index contributed by atoms with van der Waals surface area (Å²) >= 11 is 4.37. The largest absolute Gasteiger partial charge is 0.299 e. The minimum Gasteiger partial charge on any atom is -0.299 e. The Morgan fingerprint density at radius 2 is 2.00 bits per heavy atom. The Morgan fingerprint density at radius 3 is 2.79 bits per heavy atom. The Morgan fingerprint density at radius 1 is 1.21 bits per heavy atom. The second-order valence-corrected chi connectivity index (χ2v) is 7.79. The highest BCUT2D eigenvalue weighted by molar-refractivity contribution is 8.21. The molecule has 3 heteroatoms. The summed E-state index contributed by atoms with van der Waals surface area (Å²) in [4.78, 5) is 11.6. The molecule has 1 spiro atoms. The van der Waals surface area contributed by atoms with E-state index in [1.165, 1.54) is 37.2 Å². The predicted molar refractivity (Wildman–Crippen MR) is 62.7 cm³/mol. The van der Waals surface area contributed by atoms with Crippen molar-refractivity contribution in [2.24, 2.45) is 11.8 Å². The van der Waals surface area contributed by atoms with Crippen LogP contribution in [0, 0.1) is 11.8 Å². The molecule has 1 nitrogen and oxygen atoms in total. The van der Waals surface area contributed by atoms with Gasteiger partial charge in [-0.25, -0.2) is 0 Å². The maximum absolute atomic E-state index is 11.6. The summed E-state index contributed by atoms with van der Waals surface area (Å²) in [5, 5.41) is 0. The van der Waals surface area contributed by atoms with Gasteiger partial charge < -0.3 is 0 Å². The summed E-state index contributed by atoms with van der Waals surface area (Å²) < 4.78 is 0.539. The first-order valence-electron chi connectivity index (χ1n) is 5.61. The molecule has 2 unspecified atom stereocenters. The molecule has 0 amide bonds. The van der Waals surface area contributed by atoms with Crippen LogP contribution in [0.25, 0.3) is 0 Å². The van der Waals surface area contributed by atoms with E-state index in [9.17, 15) is 4.79 Å². The average Bonchev–Trinajstić information content (AvgIpc) is 2.66. The van der Waals surface area contributed by atoms with Crippen LogP contribution >= 0.6 is 23.5 Å². The maximum atomic E-state index is 11.6. The number of ketones is 1. The van der Waals surface area contributed by atoms with Gasteiger partial charge >= 0.3 is 0 Å².